The number of ether oxygens (including phenoxy) is 2. The third-order valence-electron chi connectivity index (χ3n) is 5.29. The van der Waals surface area contributed by atoms with E-state index in [4.69, 9.17) is 44.3 Å². The topological polar surface area (TPSA) is 59.6 Å². The number of carbonyl (C=O) groups excluding carboxylic acids is 1. The molecule has 2 rings (SSSR count). The van der Waals surface area contributed by atoms with Gasteiger partial charge in [0.1, 0.15) is 18.0 Å². The second-order valence-corrected chi connectivity index (χ2v) is 10.4. The molecule has 1 saturated carbocycles. The molecule has 0 radical (unpaired) electrons. The summed E-state index contributed by atoms with van der Waals surface area (Å²) in [7, 11) is 0. The van der Waals surface area contributed by atoms with Gasteiger partial charge >= 0.3 is 6.09 Å². The van der Waals surface area contributed by atoms with Crippen LogP contribution >= 0.6 is 34.8 Å². The zero-order valence-electron chi connectivity index (χ0n) is 17.4. The van der Waals surface area contributed by atoms with Crippen LogP contribution < -0.4 is 15.4 Å². The van der Waals surface area contributed by atoms with Gasteiger partial charge in [0.2, 0.25) is 3.79 Å². The summed E-state index contributed by atoms with van der Waals surface area (Å²) in [5.41, 5.74) is 0.677. The smallest absolute Gasteiger partial charge is 0.409 e. The molecule has 29 heavy (non-hydrogen) atoms. The first-order valence-electron chi connectivity index (χ1n) is 10.1. The predicted molar refractivity (Wildman–Crippen MR) is 120 cm³/mol. The van der Waals surface area contributed by atoms with E-state index in [-0.39, 0.29) is 6.10 Å². The van der Waals surface area contributed by atoms with E-state index in [1.807, 2.05) is 6.92 Å². The van der Waals surface area contributed by atoms with Crippen LogP contribution in [-0.4, -0.2) is 28.8 Å². The Hall–Kier alpha value is -1.04. The lowest BCUT2D eigenvalue weighted by atomic mass is 9.75. The average Bonchev–Trinajstić information content (AvgIpc) is 2.62. The Morgan fingerprint density at radius 3 is 2.41 bits per heavy atom. The minimum absolute atomic E-state index is 0.139. The van der Waals surface area contributed by atoms with Crippen LogP contribution in [0.25, 0.3) is 0 Å². The van der Waals surface area contributed by atoms with Crippen molar-refractivity contribution in [3.63, 3.8) is 0 Å². The first kappa shape index (κ1) is 24.2. The van der Waals surface area contributed by atoms with E-state index in [0.717, 1.165) is 25.0 Å². The van der Waals surface area contributed by atoms with Crippen LogP contribution in [0.5, 0.6) is 5.75 Å². The molecule has 1 aliphatic carbocycles. The first-order valence-corrected chi connectivity index (χ1v) is 11.3. The molecule has 1 aromatic rings. The molecular weight excluding hydrogens is 435 g/mol. The molecule has 0 saturated heterocycles. The highest BCUT2D eigenvalue weighted by Crippen LogP contribution is 2.36. The molecule has 2 N–H and O–H groups in total. The van der Waals surface area contributed by atoms with E-state index < -0.39 is 16.1 Å². The molecule has 1 aromatic carbocycles. The molecule has 4 atom stereocenters. The molecule has 0 spiro atoms. The van der Waals surface area contributed by atoms with E-state index in [1.165, 1.54) is 0 Å². The largest absolute Gasteiger partial charge is 0.494 e. The molecule has 8 heteroatoms. The molecule has 0 aromatic heterocycles. The van der Waals surface area contributed by atoms with Crippen molar-refractivity contribution in [1.82, 2.24) is 5.32 Å². The molecule has 0 bridgehead atoms. The number of rotatable bonds is 7. The Bertz CT molecular complexity index is 650. The van der Waals surface area contributed by atoms with Crippen molar-refractivity contribution in [3.8, 4) is 5.75 Å². The van der Waals surface area contributed by atoms with Gasteiger partial charge in [-0.15, -0.1) is 0 Å². The van der Waals surface area contributed by atoms with Gasteiger partial charge in [0.15, 0.2) is 0 Å². The quantitative estimate of drug-likeness (QED) is 0.362. The summed E-state index contributed by atoms with van der Waals surface area (Å²) in [5.74, 6) is 2.03. The number of benzene rings is 1. The minimum atomic E-state index is -1.77. The van der Waals surface area contributed by atoms with Crippen LogP contribution in [-0.2, 0) is 4.74 Å². The molecule has 0 unspecified atom stereocenters. The SMILES string of the molecule is CCOc1ccc(N[C@H](NC(=O)O[C@@H]2C[C@H](C)CC[C@@H]2C(C)C)C(Cl)(Cl)Cl)cc1. The summed E-state index contributed by atoms with van der Waals surface area (Å²) in [6, 6.07) is 7.19. The summed E-state index contributed by atoms with van der Waals surface area (Å²) in [6.07, 6.45) is 1.36. The molecule has 1 aliphatic rings. The molecule has 5 nitrogen and oxygen atoms in total. The number of carbonyl (C=O) groups is 1. The van der Waals surface area contributed by atoms with Crippen molar-refractivity contribution < 1.29 is 14.3 Å². The van der Waals surface area contributed by atoms with E-state index in [9.17, 15) is 4.79 Å². The van der Waals surface area contributed by atoms with Gasteiger partial charge in [0.05, 0.1) is 6.61 Å². The van der Waals surface area contributed by atoms with Crippen LogP contribution in [0.4, 0.5) is 10.5 Å². The number of amides is 1. The van der Waals surface area contributed by atoms with Crippen molar-refractivity contribution in [2.75, 3.05) is 11.9 Å². The summed E-state index contributed by atoms with van der Waals surface area (Å²) in [6.45, 7) is 8.99. The Labute approximate surface area is 188 Å². The highest BCUT2D eigenvalue weighted by molar-refractivity contribution is 6.68. The highest BCUT2D eigenvalue weighted by Gasteiger charge is 2.37. The van der Waals surface area contributed by atoms with Crippen molar-refractivity contribution in [2.24, 2.45) is 17.8 Å². The number of anilines is 1. The van der Waals surface area contributed by atoms with E-state index in [1.54, 1.807) is 24.3 Å². The van der Waals surface area contributed by atoms with Gasteiger partial charge in [-0.05, 0) is 61.8 Å². The number of alkyl halides is 3. The fourth-order valence-corrected chi connectivity index (χ4v) is 4.05. The fourth-order valence-electron chi connectivity index (χ4n) is 3.72. The maximum Gasteiger partial charge on any atom is 0.409 e. The summed E-state index contributed by atoms with van der Waals surface area (Å²) in [4.78, 5) is 12.6. The van der Waals surface area contributed by atoms with Crippen molar-refractivity contribution in [2.45, 2.75) is 63.0 Å². The number of halogens is 3. The Kier molecular flexibility index (Phi) is 9.05. The van der Waals surface area contributed by atoms with Crippen LogP contribution in [0.3, 0.4) is 0 Å². The third kappa shape index (κ3) is 7.62. The van der Waals surface area contributed by atoms with Gasteiger partial charge in [-0.25, -0.2) is 4.79 Å². The van der Waals surface area contributed by atoms with Gasteiger partial charge < -0.3 is 14.8 Å². The van der Waals surface area contributed by atoms with E-state index in [0.29, 0.717) is 30.0 Å². The molecule has 1 amide bonds. The second-order valence-electron chi connectivity index (χ2n) is 7.99. The van der Waals surface area contributed by atoms with Gasteiger partial charge in [-0.3, -0.25) is 5.32 Å². The Balaban J connectivity index is 2.02. The first-order chi connectivity index (χ1) is 13.6. The number of hydrogen-bond acceptors (Lipinski definition) is 4. The molecular formula is C21H31Cl3N2O3. The zero-order valence-corrected chi connectivity index (χ0v) is 19.7. The number of alkyl carbamates (subject to hydrolysis) is 1. The van der Waals surface area contributed by atoms with Gasteiger partial charge in [-0.1, -0.05) is 62.0 Å². The van der Waals surface area contributed by atoms with Crippen LogP contribution in [0.15, 0.2) is 24.3 Å². The molecule has 1 fully saturated rings. The average molecular weight is 466 g/mol. The Morgan fingerprint density at radius 1 is 1.21 bits per heavy atom. The van der Waals surface area contributed by atoms with Gasteiger partial charge in [0, 0.05) is 5.69 Å². The lowest BCUT2D eigenvalue weighted by Crippen LogP contribution is -2.50. The zero-order chi connectivity index (χ0) is 21.6. The molecule has 164 valence electrons. The van der Waals surface area contributed by atoms with Crippen LogP contribution in [0.2, 0.25) is 0 Å². The molecule has 0 aliphatic heterocycles. The number of nitrogens with one attached hydrogen (secondary N) is 2. The van der Waals surface area contributed by atoms with E-state index in [2.05, 4.69) is 31.4 Å². The summed E-state index contributed by atoms with van der Waals surface area (Å²) in [5, 5.41) is 5.70. The highest BCUT2D eigenvalue weighted by atomic mass is 35.6. The predicted octanol–water partition coefficient (Wildman–Crippen LogP) is 6.38. The third-order valence-corrected chi connectivity index (χ3v) is 5.94. The van der Waals surface area contributed by atoms with Gasteiger partial charge in [-0.2, -0.15) is 0 Å². The monoisotopic (exact) mass is 464 g/mol. The minimum Gasteiger partial charge on any atom is -0.494 e. The van der Waals surface area contributed by atoms with Crippen LogP contribution in [0.1, 0.15) is 47.0 Å². The lowest BCUT2D eigenvalue weighted by Gasteiger charge is -2.37. The van der Waals surface area contributed by atoms with Crippen LogP contribution in [0, 0.1) is 17.8 Å². The lowest BCUT2D eigenvalue weighted by molar-refractivity contribution is 0.00534. The Morgan fingerprint density at radius 2 is 1.86 bits per heavy atom. The van der Waals surface area contributed by atoms with E-state index >= 15 is 0 Å². The maximum absolute atomic E-state index is 12.6. The second kappa shape index (κ2) is 10.8. The molecule has 0 heterocycles. The van der Waals surface area contributed by atoms with Crippen molar-refractivity contribution in [3.05, 3.63) is 24.3 Å². The summed E-state index contributed by atoms with van der Waals surface area (Å²) < 4.78 is 9.42. The maximum atomic E-state index is 12.6. The normalized spacial score (nSPS) is 23.4. The number of hydrogen-bond donors (Lipinski definition) is 2. The fraction of sp³-hybridized carbons (Fsp3) is 0.667. The standard InChI is InChI=1S/C21H31Cl3N2O3/c1-5-28-16-9-7-15(8-10-16)25-19(21(22,23)24)26-20(27)29-18-12-14(4)6-11-17(18)13(2)3/h7-10,13-14,17-19,25H,5-6,11-12H2,1-4H3,(H,26,27)/t14-,17-,18-,19-/m1/s1. The van der Waals surface area contributed by atoms with Crippen molar-refractivity contribution in [1.29, 1.82) is 0 Å². The summed E-state index contributed by atoms with van der Waals surface area (Å²) >= 11 is 18.3. The van der Waals surface area contributed by atoms with Crippen molar-refractivity contribution >= 4 is 46.6 Å². The van der Waals surface area contributed by atoms with Gasteiger partial charge in [0.25, 0.3) is 0 Å².